The number of fused-ring (bicyclic) bond motifs is 2. The highest BCUT2D eigenvalue weighted by Gasteiger charge is 2.49. The fourth-order valence-corrected chi connectivity index (χ4v) is 3.92. The molecule has 12 heteroatoms. The van der Waals surface area contributed by atoms with E-state index in [0.29, 0.717) is 30.4 Å². The van der Waals surface area contributed by atoms with Crippen molar-refractivity contribution in [2.24, 2.45) is 5.92 Å². The van der Waals surface area contributed by atoms with E-state index in [9.17, 15) is 18.0 Å². The van der Waals surface area contributed by atoms with Crippen molar-refractivity contribution < 1.29 is 31.7 Å². The second kappa shape index (κ2) is 7.03. The van der Waals surface area contributed by atoms with E-state index in [2.05, 4.69) is 22.0 Å². The first-order valence-corrected chi connectivity index (χ1v) is 9.53. The van der Waals surface area contributed by atoms with Gasteiger partial charge in [-0.05, 0) is 31.7 Å². The standard InChI is InChI=1S/C13H22N4O7S/c1-8-4-9(14-5-8)7-23-15-12(18)11-3-2-10-6-16(11)13(19)17(10)24-25(20,21)22/h8-11,14H,2-7H2,1H3,(H,15,18)(H,20,21,22)/t8-,9+,10?,11?/m0/s1. The summed E-state index contributed by atoms with van der Waals surface area (Å²) in [5.74, 6) is 0.0992. The van der Waals surface area contributed by atoms with Crippen molar-refractivity contribution in [1.82, 2.24) is 20.8 Å². The zero-order chi connectivity index (χ0) is 18.2. The van der Waals surface area contributed by atoms with Gasteiger partial charge < -0.3 is 10.2 Å². The molecular weight excluding hydrogens is 356 g/mol. The zero-order valence-corrected chi connectivity index (χ0v) is 14.6. The van der Waals surface area contributed by atoms with Crippen LogP contribution in [0.1, 0.15) is 26.2 Å². The van der Waals surface area contributed by atoms with Gasteiger partial charge in [-0.15, -0.1) is 4.28 Å². The minimum Gasteiger partial charge on any atom is -0.311 e. The van der Waals surface area contributed by atoms with Gasteiger partial charge in [0.05, 0.1) is 12.6 Å². The molecule has 2 bridgehead atoms. The number of nitrogens with one attached hydrogen (secondary N) is 2. The van der Waals surface area contributed by atoms with Crippen molar-refractivity contribution in [2.75, 3.05) is 19.7 Å². The number of hydrogen-bond acceptors (Lipinski definition) is 7. The molecule has 3 saturated heterocycles. The first-order chi connectivity index (χ1) is 11.7. The van der Waals surface area contributed by atoms with Crippen molar-refractivity contribution in [3.8, 4) is 0 Å². The second-order valence-corrected chi connectivity index (χ2v) is 7.74. The van der Waals surface area contributed by atoms with Crippen LogP contribution in [-0.2, 0) is 24.3 Å². The number of urea groups is 1. The number of piperidine rings is 1. The molecule has 0 aliphatic carbocycles. The lowest BCUT2D eigenvalue weighted by atomic mass is 10.0. The molecule has 0 aromatic carbocycles. The summed E-state index contributed by atoms with van der Waals surface area (Å²) in [4.78, 5) is 31.0. The van der Waals surface area contributed by atoms with Crippen LogP contribution in [0.3, 0.4) is 0 Å². The van der Waals surface area contributed by atoms with Crippen LogP contribution in [-0.4, -0.2) is 72.7 Å². The lowest BCUT2D eigenvalue weighted by Gasteiger charge is -2.29. The van der Waals surface area contributed by atoms with Gasteiger partial charge in [0.25, 0.3) is 5.91 Å². The molecule has 3 amide bonds. The maximum Gasteiger partial charge on any atom is 0.418 e. The van der Waals surface area contributed by atoms with Gasteiger partial charge in [-0.1, -0.05) is 6.92 Å². The van der Waals surface area contributed by atoms with Crippen LogP contribution in [0.25, 0.3) is 0 Å². The number of carbonyl (C=O) groups is 2. The highest BCUT2D eigenvalue weighted by molar-refractivity contribution is 7.80. The smallest absolute Gasteiger partial charge is 0.311 e. The highest BCUT2D eigenvalue weighted by atomic mass is 32.3. The Morgan fingerprint density at radius 3 is 2.84 bits per heavy atom. The molecule has 142 valence electrons. The summed E-state index contributed by atoms with van der Waals surface area (Å²) < 4.78 is 34.8. The van der Waals surface area contributed by atoms with Crippen molar-refractivity contribution in [1.29, 1.82) is 0 Å². The predicted molar refractivity (Wildman–Crippen MR) is 83.1 cm³/mol. The lowest BCUT2D eigenvalue weighted by molar-refractivity contribution is -0.139. The van der Waals surface area contributed by atoms with Gasteiger partial charge in [-0.3, -0.25) is 14.2 Å². The molecule has 3 rings (SSSR count). The minimum absolute atomic E-state index is 0.147. The fourth-order valence-electron chi connectivity index (χ4n) is 3.53. The van der Waals surface area contributed by atoms with Crippen LogP contribution in [0.4, 0.5) is 4.79 Å². The molecule has 3 aliphatic rings. The number of rotatable bonds is 6. The van der Waals surface area contributed by atoms with E-state index in [4.69, 9.17) is 9.39 Å². The molecular formula is C13H22N4O7S. The van der Waals surface area contributed by atoms with E-state index in [-0.39, 0.29) is 12.6 Å². The van der Waals surface area contributed by atoms with Crippen LogP contribution in [0.15, 0.2) is 0 Å². The van der Waals surface area contributed by atoms with Crippen LogP contribution < -0.4 is 10.8 Å². The van der Waals surface area contributed by atoms with Crippen LogP contribution in [0.2, 0.25) is 0 Å². The third kappa shape index (κ3) is 4.20. The summed E-state index contributed by atoms with van der Waals surface area (Å²) in [6.45, 7) is 3.52. The normalized spacial score (nSPS) is 32.3. The van der Waals surface area contributed by atoms with Gasteiger partial charge in [0.15, 0.2) is 0 Å². The molecule has 0 saturated carbocycles. The number of hydrogen-bond donors (Lipinski definition) is 3. The van der Waals surface area contributed by atoms with Gasteiger partial charge in [0, 0.05) is 12.6 Å². The Morgan fingerprint density at radius 1 is 1.44 bits per heavy atom. The summed E-state index contributed by atoms with van der Waals surface area (Å²) in [6, 6.07) is -1.89. The Labute approximate surface area is 145 Å². The van der Waals surface area contributed by atoms with Crippen molar-refractivity contribution in [2.45, 2.75) is 44.3 Å². The third-order valence-corrected chi connectivity index (χ3v) is 5.05. The van der Waals surface area contributed by atoms with Crippen molar-refractivity contribution in [3.63, 3.8) is 0 Å². The molecule has 3 aliphatic heterocycles. The molecule has 3 heterocycles. The summed E-state index contributed by atoms with van der Waals surface area (Å²) in [5, 5.41) is 3.88. The Bertz CT molecular complexity index is 642. The van der Waals surface area contributed by atoms with Crippen LogP contribution >= 0.6 is 0 Å². The maximum atomic E-state index is 12.3. The third-order valence-electron chi connectivity index (χ3n) is 4.70. The van der Waals surface area contributed by atoms with Crippen LogP contribution in [0, 0.1) is 5.92 Å². The minimum atomic E-state index is -4.80. The van der Waals surface area contributed by atoms with E-state index in [1.54, 1.807) is 0 Å². The van der Waals surface area contributed by atoms with Gasteiger partial charge in [0.2, 0.25) is 0 Å². The second-order valence-electron chi connectivity index (χ2n) is 6.73. The summed E-state index contributed by atoms with van der Waals surface area (Å²) in [6.07, 6.45) is 1.68. The molecule has 0 radical (unpaired) electrons. The first kappa shape index (κ1) is 18.3. The molecule has 0 aromatic heterocycles. The summed E-state index contributed by atoms with van der Waals surface area (Å²) in [7, 11) is -4.80. The van der Waals surface area contributed by atoms with Gasteiger partial charge in [-0.25, -0.2) is 10.3 Å². The Kier molecular flexibility index (Phi) is 5.16. The Morgan fingerprint density at radius 2 is 2.20 bits per heavy atom. The molecule has 11 nitrogen and oxygen atoms in total. The zero-order valence-electron chi connectivity index (χ0n) is 13.8. The molecule has 3 fully saturated rings. The SMILES string of the molecule is C[C@@H]1CN[C@@H](CONC(=O)C2CCC3CN2C(=O)N3OS(=O)(=O)O)C1. The molecule has 2 unspecified atom stereocenters. The van der Waals surface area contributed by atoms with E-state index in [0.717, 1.165) is 13.0 Å². The Balaban J connectivity index is 1.52. The van der Waals surface area contributed by atoms with Gasteiger partial charge in [0.1, 0.15) is 6.04 Å². The number of amides is 3. The molecule has 0 aromatic rings. The molecule has 25 heavy (non-hydrogen) atoms. The molecule has 4 atom stereocenters. The molecule has 0 spiro atoms. The van der Waals surface area contributed by atoms with Gasteiger partial charge in [-0.2, -0.15) is 13.5 Å². The topological polar surface area (TPSA) is 138 Å². The van der Waals surface area contributed by atoms with Crippen molar-refractivity contribution >= 4 is 22.3 Å². The number of nitrogens with zero attached hydrogens (tertiary/aromatic N) is 2. The maximum absolute atomic E-state index is 12.3. The quantitative estimate of drug-likeness (QED) is 0.397. The predicted octanol–water partition coefficient (Wildman–Crippen LogP) is -0.965. The lowest BCUT2D eigenvalue weighted by Crippen LogP contribution is -2.50. The largest absolute Gasteiger partial charge is 0.418 e. The van der Waals surface area contributed by atoms with E-state index in [1.807, 2.05) is 0 Å². The first-order valence-electron chi connectivity index (χ1n) is 8.16. The Hall–Kier alpha value is -1.47. The van der Waals surface area contributed by atoms with E-state index < -0.39 is 34.4 Å². The average Bonchev–Trinajstić information content (AvgIpc) is 3.04. The highest BCUT2D eigenvalue weighted by Crippen LogP contribution is 2.30. The fraction of sp³-hybridized carbons (Fsp3) is 0.846. The summed E-state index contributed by atoms with van der Waals surface area (Å²) in [5.41, 5.74) is 2.36. The average molecular weight is 378 g/mol. The summed E-state index contributed by atoms with van der Waals surface area (Å²) >= 11 is 0. The van der Waals surface area contributed by atoms with Gasteiger partial charge >= 0.3 is 16.4 Å². The van der Waals surface area contributed by atoms with Crippen molar-refractivity contribution in [3.05, 3.63) is 0 Å². The van der Waals surface area contributed by atoms with Crippen LogP contribution in [0.5, 0.6) is 0 Å². The number of hydroxylamine groups is 3. The monoisotopic (exact) mass is 378 g/mol. The molecule has 3 N–H and O–H groups in total. The van der Waals surface area contributed by atoms with E-state index in [1.165, 1.54) is 4.90 Å². The number of carbonyl (C=O) groups excluding carboxylic acids is 2. The van der Waals surface area contributed by atoms with E-state index >= 15 is 0 Å².